The van der Waals surface area contributed by atoms with E-state index in [0.717, 1.165) is 89.9 Å². The molecule has 1 atom stereocenters. The van der Waals surface area contributed by atoms with Gasteiger partial charge in [0.25, 0.3) is 0 Å². The summed E-state index contributed by atoms with van der Waals surface area (Å²) in [6, 6.07) is 0. The predicted octanol–water partition coefficient (Wildman–Crippen LogP) is 20.4. The molecule has 406 valence electrons. The van der Waals surface area contributed by atoms with Gasteiger partial charge in [-0.2, -0.15) is 0 Å². The molecule has 6 heteroatoms. The molecule has 0 aromatic heterocycles. The first kappa shape index (κ1) is 67.1. The average Bonchev–Trinajstić information content (AvgIpc) is 3.36. The van der Waals surface area contributed by atoms with Gasteiger partial charge in [0.2, 0.25) is 0 Å². The highest BCUT2D eigenvalue weighted by Gasteiger charge is 2.19. The fraction of sp³-hybridized carbons (Fsp3) is 0.797. The van der Waals surface area contributed by atoms with Crippen LogP contribution in [0.25, 0.3) is 0 Å². The number of hydrogen-bond acceptors (Lipinski definition) is 6. The molecule has 0 aromatic rings. The smallest absolute Gasteiger partial charge is 0.306 e. The van der Waals surface area contributed by atoms with Crippen molar-refractivity contribution >= 4 is 17.9 Å². The van der Waals surface area contributed by atoms with Crippen molar-refractivity contribution in [1.82, 2.24) is 0 Å². The Bertz CT molecular complexity index is 1260. The Morgan fingerprint density at radius 3 is 0.886 bits per heavy atom. The molecule has 0 N–H and O–H groups in total. The van der Waals surface area contributed by atoms with Gasteiger partial charge >= 0.3 is 17.9 Å². The molecule has 0 heterocycles. The molecular weight excluding hydrogens is 865 g/mol. The molecule has 0 aliphatic heterocycles. The average molecular weight is 980 g/mol. The second-order valence-electron chi connectivity index (χ2n) is 20.2. The van der Waals surface area contributed by atoms with Crippen LogP contribution in [-0.2, 0) is 28.6 Å². The molecule has 0 saturated carbocycles. The number of hydrogen-bond donors (Lipinski definition) is 0. The van der Waals surface area contributed by atoms with Crippen molar-refractivity contribution in [1.29, 1.82) is 0 Å². The summed E-state index contributed by atoms with van der Waals surface area (Å²) in [5, 5.41) is 0. The second kappa shape index (κ2) is 58.7. The highest BCUT2D eigenvalue weighted by molar-refractivity contribution is 5.71. The minimum Gasteiger partial charge on any atom is -0.462 e. The van der Waals surface area contributed by atoms with Crippen LogP contribution >= 0.6 is 0 Å². The van der Waals surface area contributed by atoms with E-state index >= 15 is 0 Å². The van der Waals surface area contributed by atoms with E-state index in [1.54, 1.807) is 0 Å². The van der Waals surface area contributed by atoms with Crippen LogP contribution in [0.15, 0.2) is 60.8 Å². The topological polar surface area (TPSA) is 78.9 Å². The van der Waals surface area contributed by atoms with Gasteiger partial charge in [-0.1, -0.05) is 268 Å². The second-order valence-corrected chi connectivity index (χ2v) is 20.2. The van der Waals surface area contributed by atoms with Crippen LogP contribution in [0.2, 0.25) is 0 Å². The van der Waals surface area contributed by atoms with Crippen LogP contribution in [0.4, 0.5) is 0 Å². The lowest BCUT2D eigenvalue weighted by atomic mass is 10.0. The minimum atomic E-state index is -0.785. The molecular formula is C64H114O6. The first-order valence-electron chi connectivity index (χ1n) is 30.3. The molecule has 0 bridgehead atoms. The summed E-state index contributed by atoms with van der Waals surface area (Å²) in [5.41, 5.74) is 0. The number of allylic oxidation sites excluding steroid dienone is 10. The Hall–Kier alpha value is -2.89. The van der Waals surface area contributed by atoms with Crippen LogP contribution in [0.1, 0.15) is 310 Å². The molecule has 0 fully saturated rings. The third-order valence-electron chi connectivity index (χ3n) is 13.3. The van der Waals surface area contributed by atoms with E-state index in [0.29, 0.717) is 19.3 Å². The molecule has 0 radical (unpaired) electrons. The zero-order chi connectivity index (χ0) is 50.7. The number of carbonyl (C=O) groups is 3. The molecule has 70 heavy (non-hydrogen) atoms. The Morgan fingerprint density at radius 1 is 0.300 bits per heavy atom. The number of unbranched alkanes of at least 4 members (excludes halogenated alkanes) is 34. The summed E-state index contributed by atoms with van der Waals surface area (Å²) in [6.45, 7) is 6.50. The maximum Gasteiger partial charge on any atom is 0.306 e. The predicted molar refractivity (Wildman–Crippen MR) is 302 cm³/mol. The molecule has 0 saturated heterocycles. The van der Waals surface area contributed by atoms with E-state index in [2.05, 4.69) is 81.5 Å². The first-order chi connectivity index (χ1) is 34.5. The van der Waals surface area contributed by atoms with E-state index in [4.69, 9.17) is 14.2 Å². The van der Waals surface area contributed by atoms with Crippen LogP contribution < -0.4 is 0 Å². The number of esters is 3. The maximum atomic E-state index is 12.8. The van der Waals surface area contributed by atoms with Gasteiger partial charge in [0, 0.05) is 19.3 Å². The normalized spacial score (nSPS) is 12.4. The Morgan fingerprint density at radius 2 is 0.557 bits per heavy atom. The van der Waals surface area contributed by atoms with E-state index in [9.17, 15) is 14.4 Å². The Labute approximate surface area is 434 Å². The van der Waals surface area contributed by atoms with Crippen molar-refractivity contribution in [2.45, 2.75) is 316 Å². The Kier molecular flexibility index (Phi) is 56.3. The molecule has 0 spiro atoms. The number of rotatable bonds is 55. The van der Waals surface area contributed by atoms with Crippen LogP contribution in [-0.4, -0.2) is 37.2 Å². The van der Waals surface area contributed by atoms with Crippen LogP contribution in [0, 0.1) is 0 Å². The Balaban J connectivity index is 4.11. The number of ether oxygens (including phenoxy) is 3. The van der Waals surface area contributed by atoms with Crippen molar-refractivity contribution in [2.24, 2.45) is 0 Å². The van der Waals surface area contributed by atoms with E-state index in [1.165, 1.54) is 180 Å². The number of carbonyl (C=O) groups excluding carboxylic acids is 3. The third-order valence-corrected chi connectivity index (χ3v) is 13.3. The van der Waals surface area contributed by atoms with Crippen molar-refractivity contribution in [2.75, 3.05) is 13.2 Å². The van der Waals surface area contributed by atoms with E-state index < -0.39 is 6.10 Å². The summed E-state index contributed by atoms with van der Waals surface area (Å²) in [5.74, 6) is -0.902. The molecule has 6 nitrogen and oxygen atoms in total. The third kappa shape index (κ3) is 56.0. The van der Waals surface area contributed by atoms with Gasteiger partial charge in [-0.3, -0.25) is 14.4 Å². The maximum absolute atomic E-state index is 12.8. The van der Waals surface area contributed by atoms with Gasteiger partial charge < -0.3 is 14.2 Å². The van der Waals surface area contributed by atoms with Crippen molar-refractivity contribution in [3.63, 3.8) is 0 Å². The standard InChI is InChI=1S/C64H114O6/c1-4-7-10-13-16-19-22-24-25-26-27-28-29-30-31-32-33-34-35-36-37-38-39-41-42-45-48-51-54-57-63(66)69-60-61(59-68-62(65)56-53-50-47-44-21-18-15-12-9-6-3)70-64(67)58-55-52-49-46-43-40-23-20-17-14-11-8-5-2/h8,11,17,20,22,24,26-27,40,43,61H,4-7,9-10,12-16,18-19,21,23,25,28-39,41-42,44-60H2,1-3H3/b11-8-,20-17-,24-22-,27-26-,43-40-. The zero-order valence-corrected chi connectivity index (χ0v) is 46.5. The molecule has 0 aromatic carbocycles. The van der Waals surface area contributed by atoms with Gasteiger partial charge in [-0.05, 0) is 83.5 Å². The lowest BCUT2D eigenvalue weighted by Gasteiger charge is -2.18. The van der Waals surface area contributed by atoms with Gasteiger partial charge in [0.15, 0.2) is 6.10 Å². The fourth-order valence-electron chi connectivity index (χ4n) is 8.72. The minimum absolute atomic E-state index is 0.0828. The highest BCUT2D eigenvalue weighted by atomic mass is 16.6. The largest absolute Gasteiger partial charge is 0.462 e. The fourth-order valence-corrected chi connectivity index (χ4v) is 8.72. The molecule has 0 rings (SSSR count). The molecule has 1 unspecified atom stereocenters. The molecule has 0 amide bonds. The van der Waals surface area contributed by atoms with Crippen molar-refractivity contribution in [3.8, 4) is 0 Å². The van der Waals surface area contributed by atoms with Gasteiger partial charge in [-0.15, -0.1) is 0 Å². The SMILES string of the molecule is CC/C=C\C/C=C\C/C=C\CCCCCC(=O)OC(COC(=O)CCCCCCCCCCCC)COC(=O)CCCCCCCCCCCCCCCCCCC/C=C\C/C=C\CCCCCCC. The molecule has 0 aliphatic rings. The van der Waals surface area contributed by atoms with Crippen molar-refractivity contribution in [3.05, 3.63) is 60.8 Å². The quantitative estimate of drug-likeness (QED) is 0.0261. The zero-order valence-electron chi connectivity index (χ0n) is 46.5. The van der Waals surface area contributed by atoms with Gasteiger partial charge in [0.1, 0.15) is 13.2 Å². The first-order valence-corrected chi connectivity index (χ1v) is 30.3. The summed E-state index contributed by atoms with van der Waals surface area (Å²) < 4.78 is 16.8. The summed E-state index contributed by atoms with van der Waals surface area (Å²) in [6.07, 6.45) is 73.9. The van der Waals surface area contributed by atoms with E-state index in [-0.39, 0.29) is 31.1 Å². The summed E-state index contributed by atoms with van der Waals surface area (Å²) >= 11 is 0. The van der Waals surface area contributed by atoms with Gasteiger partial charge in [0.05, 0.1) is 0 Å². The summed E-state index contributed by atoms with van der Waals surface area (Å²) in [7, 11) is 0. The summed E-state index contributed by atoms with van der Waals surface area (Å²) in [4.78, 5) is 38.0. The van der Waals surface area contributed by atoms with Gasteiger partial charge in [-0.25, -0.2) is 0 Å². The van der Waals surface area contributed by atoms with E-state index in [1.807, 2.05) is 0 Å². The van der Waals surface area contributed by atoms with Crippen LogP contribution in [0.5, 0.6) is 0 Å². The van der Waals surface area contributed by atoms with Crippen LogP contribution in [0.3, 0.4) is 0 Å². The van der Waals surface area contributed by atoms with Crippen molar-refractivity contribution < 1.29 is 28.6 Å². The highest BCUT2D eigenvalue weighted by Crippen LogP contribution is 2.17. The monoisotopic (exact) mass is 979 g/mol. The molecule has 0 aliphatic carbocycles. The lowest BCUT2D eigenvalue weighted by molar-refractivity contribution is -0.167. The lowest BCUT2D eigenvalue weighted by Crippen LogP contribution is -2.30.